The van der Waals surface area contributed by atoms with Crippen LogP contribution in [0.1, 0.15) is 25.3 Å². The summed E-state index contributed by atoms with van der Waals surface area (Å²) in [4.78, 5) is -0.669. The predicted octanol–water partition coefficient (Wildman–Crippen LogP) is 2.69. The standard InChI is InChI=1S/C12H16F3NO2S/c1-8(9(2)16-3)10-6-4-5-7-11(10)19(17,18)12(13,14)15/h4-9,16H,1-3H3. The van der Waals surface area contributed by atoms with Crippen molar-refractivity contribution in [1.82, 2.24) is 5.32 Å². The van der Waals surface area contributed by atoms with E-state index >= 15 is 0 Å². The van der Waals surface area contributed by atoms with Gasteiger partial charge in [0.2, 0.25) is 0 Å². The number of hydrogen-bond donors (Lipinski definition) is 1. The van der Waals surface area contributed by atoms with Crippen LogP contribution in [-0.2, 0) is 9.84 Å². The smallest absolute Gasteiger partial charge is 0.317 e. The van der Waals surface area contributed by atoms with E-state index in [2.05, 4.69) is 5.32 Å². The molecule has 7 heteroatoms. The molecule has 2 unspecified atom stereocenters. The third-order valence-electron chi connectivity index (χ3n) is 3.21. The number of halogens is 3. The van der Waals surface area contributed by atoms with Gasteiger partial charge in [0, 0.05) is 6.04 Å². The average molecular weight is 295 g/mol. The third-order valence-corrected chi connectivity index (χ3v) is 4.77. The van der Waals surface area contributed by atoms with Gasteiger partial charge in [-0.05, 0) is 31.5 Å². The summed E-state index contributed by atoms with van der Waals surface area (Å²) in [7, 11) is -3.65. The lowest BCUT2D eigenvalue weighted by Crippen LogP contribution is -2.30. The summed E-state index contributed by atoms with van der Waals surface area (Å²) in [6.45, 7) is 3.47. The molecule has 0 saturated carbocycles. The molecule has 0 aromatic heterocycles. The Labute approximate surface area is 110 Å². The molecule has 0 radical (unpaired) electrons. The second-order valence-electron chi connectivity index (χ2n) is 4.35. The molecule has 0 fully saturated rings. The molecule has 0 amide bonds. The first-order valence-electron chi connectivity index (χ1n) is 5.70. The van der Waals surface area contributed by atoms with Crippen molar-refractivity contribution >= 4 is 9.84 Å². The van der Waals surface area contributed by atoms with Gasteiger partial charge in [0.05, 0.1) is 4.90 Å². The van der Waals surface area contributed by atoms with Gasteiger partial charge in [0.15, 0.2) is 0 Å². The van der Waals surface area contributed by atoms with Crippen molar-refractivity contribution in [3.8, 4) is 0 Å². The molecular formula is C12H16F3NO2S. The van der Waals surface area contributed by atoms with E-state index < -0.39 is 20.2 Å². The van der Waals surface area contributed by atoms with Gasteiger partial charge in [-0.2, -0.15) is 13.2 Å². The molecule has 19 heavy (non-hydrogen) atoms. The van der Waals surface area contributed by atoms with E-state index in [4.69, 9.17) is 0 Å². The maximum atomic E-state index is 12.6. The van der Waals surface area contributed by atoms with E-state index in [1.807, 2.05) is 0 Å². The van der Waals surface area contributed by atoms with Crippen LogP contribution in [0.5, 0.6) is 0 Å². The minimum atomic E-state index is -5.32. The fourth-order valence-electron chi connectivity index (χ4n) is 1.75. The van der Waals surface area contributed by atoms with Crippen molar-refractivity contribution in [3.63, 3.8) is 0 Å². The highest BCUT2D eigenvalue weighted by Gasteiger charge is 2.48. The van der Waals surface area contributed by atoms with Gasteiger partial charge in [0.25, 0.3) is 9.84 Å². The molecule has 1 rings (SSSR count). The first-order chi connectivity index (χ1) is 8.63. The fraction of sp³-hybridized carbons (Fsp3) is 0.500. The zero-order valence-corrected chi connectivity index (χ0v) is 11.6. The van der Waals surface area contributed by atoms with E-state index in [-0.39, 0.29) is 17.5 Å². The first kappa shape index (κ1) is 16.0. The molecule has 0 spiro atoms. The van der Waals surface area contributed by atoms with Gasteiger partial charge in [0.1, 0.15) is 0 Å². The Bertz CT molecular complexity index is 540. The van der Waals surface area contributed by atoms with Gasteiger partial charge in [-0.25, -0.2) is 8.42 Å². The zero-order chi connectivity index (χ0) is 14.8. The number of rotatable bonds is 4. The highest BCUT2D eigenvalue weighted by Crippen LogP contribution is 2.35. The van der Waals surface area contributed by atoms with Crippen LogP contribution in [-0.4, -0.2) is 27.0 Å². The molecule has 1 aromatic rings. The molecule has 108 valence electrons. The summed E-state index contributed by atoms with van der Waals surface area (Å²) in [6.07, 6.45) is 0. The van der Waals surface area contributed by atoms with E-state index in [0.717, 1.165) is 6.07 Å². The Kier molecular flexibility index (Phi) is 4.63. The van der Waals surface area contributed by atoms with Gasteiger partial charge >= 0.3 is 5.51 Å². The number of alkyl halides is 3. The molecule has 3 nitrogen and oxygen atoms in total. The minimum absolute atomic E-state index is 0.149. The summed E-state index contributed by atoms with van der Waals surface area (Å²) < 4.78 is 61.0. The minimum Gasteiger partial charge on any atom is -0.317 e. The monoisotopic (exact) mass is 295 g/mol. The van der Waals surface area contributed by atoms with E-state index in [0.29, 0.717) is 0 Å². The van der Waals surface area contributed by atoms with Crippen molar-refractivity contribution in [1.29, 1.82) is 0 Å². The Hall–Kier alpha value is -1.08. The SMILES string of the molecule is CNC(C)C(C)c1ccccc1S(=O)(=O)C(F)(F)F. The molecule has 2 atom stereocenters. The molecule has 0 bridgehead atoms. The Morgan fingerprint density at radius 1 is 1.16 bits per heavy atom. The Morgan fingerprint density at radius 3 is 2.16 bits per heavy atom. The van der Waals surface area contributed by atoms with Gasteiger partial charge in [-0.3, -0.25) is 0 Å². The molecule has 0 heterocycles. The number of hydrogen-bond acceptors (Lipinski definition) is 3. The summed E-state index contributed by atoms with van der Waals surface area (Å²) in [6, 6.07) is 5.08. The summed E-state index contributed by atoms with van der Waals surface area (Å²) in [5.74, 6) is -0.363. The van der Waals surface area contributed by atoms with Gasteiger partial charge in [-0.1, -0.05) is 25.1 Å². The lowest BCUT2D eigenvalue weighted by molar-refractivity contribution is -0.0436. The largest absolute Gasteiger partial charge is 0.501 e. The number of sulfone groups is 1. The number of nitrogens with one attached hydrogen (secondary N) is 1. The number of likely N-dealkylation sites (N-methyl/N-ethyl adjacent to an activating group) is 1. The van der Waals surface area contributed by atoms with Gasteiger partial charge in [-0.15, -0.1) is 0 Å². The second-order valence-corrected chi connectivity index (χ2v) is 6.26. The highest BCUT2D eigenvalue weighted by molar-refractivity contribution is 7.92. The van der Waals surface area contributed by atoms with E-state index in [1.165, 1.54) is 18.2 Å². The molecule has 0 aliphatic rings. The van der Waals surface area contributed by atoms with Crippen LogP contribution < -0.4 is 5.32 Å². The molecule has 1 N–H and O–H groups in total. The second kappa shape index (κ2) is 5.50. The highest BCUT2D eigenvalue weighted by atomic mass is 32.2. The van der Waals surface area contributed by atoms with Crippen molar-refractivity contribution in [3.05, 3.63) is 29.8 Å². The molecular weight excluding hydrogens is 279 g/mol. The van der Waals surface area contributed by atoms with Crippen molar-refractivity contribution in [2.75, 3.05) is 7.05 Å². The van der Waals surface area contributed by atoms with Crippen LogP contribution in [0.4, 0.5) is 13.2 Å². The van der Waals surface area contributed by atoms with Crippen LogP contribution >= 0.6 is 0 Å². The van der Waals surface area contributed by atoms with Crippen LogP contribution in [0.25, 0.3) is 0 Å². The first-order valence-corrected chi connectivity index (χ1v) is 7.18. The van der Waals surface area contributed by atoms with E-state index in [9.17, 15) is 21.6 Å². The zero-order valence-electron chi connectivity index (χ0n) is 10.8. The topological polar surface area (TPSA) is 46.2 Å². The fourth-order valence-corrected chi connectivity index (χ4v) is 2.82. The van der Waals surface area contributed by atoms with Crippen LogP contribution in [0.3, 0.4) is 0 Å². The maximum Gasteiger partial charge on any atom is 0.501 e. The van der Waals surface area contributed by atoms with Crippen molar-refractivity contribution < 1.29 is 21.6 Å². The third kappa shape index (κ3) is 3.09. The van der Waals surface area contributed by atoms with Crippen molar-refractivity contribution in [2.24, 2.45) is 0 Å². The lowest BCUT2D eigenvalue weighted by Gasteiger charge is -2.22. The summed E-state index contributed by atoms with van der Waals surface area (Å²) in [5.41, 5.74) is -5.12. The average Bonchev–Trinajstić information content (AvgIpc) is 2.35. The molecule has 1 aromatic carbocycles. The summed E-state index contributed by atoms with van der Waals surface area (Å²) >= 11 is 0. The van der Waals surface area contributed by atoms with Crippen LogP contribution in [0.15, 0.2) is 29.2 Å². The Morgan fingerprint density at radius 2 is 1.68 bits per heavy atom. The Balaban J connectivity index is 3.40. The molecule has 0 aliphatic heterocycles. The summed E-state index contributed by atoms with van der Waals surface area (Å²) in [5, 5.41) is 2.90. The van der Waals surface area contributed by atoms with Gasteiger partial charge < -0.3 is 5.32 Å². The van der Waals surface area contributed by atoms with E-state index in [1.54, 1.807) is 20.9 Å². The maximum absolute atomic E-state index is 12.6. The molecule has 0 saturated heterocycles. The van der Waals surface area contributed by atoms with Crippen molar-refractivity contribution in [2.45, 2.75) is 36.2 Å². The normalized spacial score (nSPS) is 16.1. The van der Waals surface area contributed by atoms with Crippen LogP contribution in [0, 0.1) is 0 Å². The molecule has 0 aliphatic carbocycles. The quantitative estimate of drug-likeness (QED) is 0.929. The lowest BCUT2D eigenvalue weighted by atomic mass is 9.94. The predicted molar refractivity (Wildman–Crippen MR) is 66.6 cm³/mol. The number of benzene rings is 1. The van der Waals surface area contributed by atoms with Crippen LogP contribution in [0.2, 0.25) is 0 Å².